The molecule has 0 heterocycles. The van der Waals surface area contributed by atoms with Crippen molar-refractivity contribution in [3.8, 4) is 11.1 Å². The SMILES string of the molecule is C=Cc1cccc(N(c2ccc(-c3ccc(N(c4cccc(C=C)c4)c4cccc5ccccc45)cc3)cc2)c2cccc3ccccc23)c1.CC. The average molecular weight is 671 g/mol. The highest BCUT2D eigenvalue weighted by Crippen LogP contribution is 2.42. The van der Waals surface area contributed by atoms with Crippen molar-refractivity contribution in [1.82, 2.24) is 0 Å². The van der Waals surface area contributed by atoms with Crippen molar-refractivity contribution in [2.24, 2.45) is 0 Å². The first kappa shape index (κ1) is 33.8. The minimum Gasteiger partial charge on any atom is -0.310 e. The van der Waals surface area contributed by atoms with Gasteiger partial charge in [-0.3, -0.25) is 0 Å². The van der Waals surface area contributed by atoms with Gasteiger partial charge in [0.2, 0.25) is 0 Å². The van der Waals surface area contributed by atoms with Crippen molar-refractivity contribution in [3.05, 3.63) is 206 Å². The number of fused-ring (bicyclic) bond motifs is 2. The van der Waals surface area contributed by atoms with Crippen LogP contribution >= 0.6 is 0 Å². The van der Waals surface area contributed by atoms with Gasteiger partial charge in [0.25, 0.3) is 0 Å². The van der Waals surface area contributed by atoms with Gasteiger partial charge in [-0.1, -0.05) is 160 Å². The molecule has 0 unspecified atom stereocenters. The third kappa shape index (κ3) is 6.75. The topological polar surface area (TPSA) is 6.48 Å². The van der Waals surface area contributed by atoms with Crippen molar-refractivity contribution in [2.45, 2.75) is 13.8 Å². The molecule has 8 aromatic rings. The molecular formula is C50H42N2. The lowest BCUT2D eigenvalue weighted by Gasteiger charge is -2.28. The van der Waals surface area contributed by atoms with Crippen molar-refractivity contribution in [1.29, 1.82) is 0 Å². The van der Waals surface area contributed by atoms with E-state index >= 15 is 0 Å². The zero-order chi connectivity index (χ0) is 35.9. The second-order valence-corrected chi connectivity index (χ2v) is 12.4. The van der Waals surface area contributed by atoms with E-state index in [0.717, 1.165) is 56.4 Å². The fraction of sp³-hybridized carbons (Fsp3) is 0.0400. The average Bonchev–Trinajstić information content (AvgIpc) is 3.23. The van der Waals surface area contributed by atoms with E-state index in [9.17, 15) is 0 Å². The molecule has 0 saturated heterocycles. The van der Waals surface area contributed by atoms with Crippen LogP contribution in [0.1, 0.15) is 25.0 Å². The Hall–Kier alpha value is -6.64. The third-order valence-corrected chi connectivity index (χ3v) is 9.33. The summed E-state index contributed by atoms with van der Waals surface area (Å²) in [4.78, 5) is 4.67. The fourth-order valence-corrected chi connectivity index (χ4v) is 6.85. The number of nitrogens with zero attached hydrogens (tertiary/aromatic N) is 2. The summed E-state index contributed by atoms with van der Waals surface area (Å²) in [6, 6.07) is 64.9. The highest BCUT2D eigenvalue weighted by Gasteiger charge is 2.18. The van der Waals surface area contributed by atoms with Gasteiger partial charge in [0, 0.05) is 33.5 Å². The molecule has 0 atom stereocenters. The Morgan fingerprint density at radius 2 is 0.731 bits per heavy atom. The number of rotatable bonds is 9. The Morgan fingerprint density at radius 3 is 1.13 bits per heavy atom. The van der Waals surface area contributed by atoms with Crippen LogP contribution in [0.15, 0.2) is 195 Å². The van der Waals surface area contributed by atoms with Gasteiger partial charge in [-0.25, -0.2) is 0 Å². The van der Waals surface area contributed by atoms with Crippen LogP contribution in [0.3, 0.4) is 0 Å². The molecule has 0 aromatic heterocycles. The van der Waals surface area contributed by atoms with Gasteiger partial charge < -0.3 is 9.80 Å². The summed E-state index contributed by atoms with van der Waals surface area (Å²) < 4.78 is 0. The molecule has 0 saturated carbocycles. The van der Waals surface area contributed by atoms with Crippen LogP contribution in [0.4, 0.5) is 34.1 Å². The summed E-state index contributed by atoms with van der Waals surface area (Å²) in [7, 11) is 0. The van der Waals surface area contributed by atoms with Gasteiger partial charge in [-0.05, 0) is 93.7 Å². The molecular weight excluding hydrogens is 629 g/mol. The minimum atomic E-state index is 1.08. The predicted molar refractivity (Wildman–Crippen MR) is 228 cm³/mol. The second-order valence-electron chi connectivity index (χ2n) is 12.4. The summed E-state index contributed by atoms with van der Waals surface area (Å²) in [5, 5.41) is 4.82. The summed E-state index contributed by atoms with van der Waals surface area (Å²) in [6.07, 6.45) is 3.80. The lowest BCUT2D eigenvalue weighted by molar-refractivity contribution is 1.29. The van der Waals surface area contributed by atoms with E-state index in [0.29, 0.717) is 0 Å². The van der Waals surface area contributed by atoms with Crippen LogP contribution in [0.25, 0.3) is 44.8 Å². The fourth-order valence-electron chi connectivity index (χ4n) is 6.85. The van der Waals surface area contributed by atoms with Crippen molar-refractivity contribution in [3.63, 3.8) is 0 Å². The summed E-state index contributed by atoms with van der Waals surface area (Å²) >= 11 is 0. The van der Waals surface area contributed by atoms with Gasteiger partial charge >= 0.3 is 0 Å². The molecule has 2 heteroatoms. The first-order chi connectivity index (χ1) is 25.7. The van der Waals surface area contributed by atoms with Gasteiger partial charge in [-0.15, -0.1) is 0 Å². The molecule has 52 heavy (non-hydrogen) atoms. The van der Waals surface area contributed by atoms with Crippen molar-refractivity contribution < 1.29 is 0 Å². The Kier molecular flexibility index (Phi) is 10.1. The van der Waals surface area contributed by atoms with E-state index in [1.54, 1.807) is 0 Å². The first-order valence-electron chi connectivity index (χ1n) is 17.9. The molecule has 0 aliphatic rings. The standard InChI is InChI=1S/C48H36N2.C2H6/c1-3-35-13-9-19-43(33-35)49(47-23-11-17-39-15-5-7-21-45(39)47)41-29-25-37(26-30-41)38-27-31-42(32-28-38)50(44-20-10-14-36(4-2)34-44)48-24-12-18-40-16-6-8-22-46(40)48;1-2/h3-34H,1-2H2;1-2H3. The molecule has 252 valence electrons. The van der Waals surface area contributed by atoms with Crippen LogP contribution in [-0.2, 0) is 0 Å². The Morgan fingerprint density at radius 1 is 0.365 bits per heavy atom. The smallest absolute Gasteiger partial charge is 0.0540 e. The van der Waals surface area contributed by atoms with Gasteiger partial charge in [0.1, 0.15) is 0 Å². The molecule has 2 nitrogen and oxygen atoms in total. The normalized spacial score (nSPS) is 10.7. The van der Waals surface area contributed by atoms with Gasteiger partial charge in [-0.2, -0.15) is 0 Å². The number of benzene rings is 8. The van der Waals surface area contributed by atoms with E-state index < -0.39 is 0 Å². The lowest BCUT2D eigenvalue weighted by Crippen LogP contribution is -2.11. The molecule has 0 aliphatic heterocycles. The van der Waals surface area contributed by atoms with E-state index in [2.05, 4.69) is 205 Å². The Labute approximate surface area is 307 Å². The Bertz CT molecular complexity index is 2290. The molecule has 0 spiro atoms. The third-order valence-electron chi connectivity index (χ3n) is 9.33. The van der Waals surface area contributed by atoms with E-state index in [1.165, 1.54) is 21.5 Å². The van der Waals surface area contributed by atoms with Crippen LogP contribution in [0, 0.1) is 0 Å². The van der Waals surface area contributed by atoms with E-state index in [4.69, 9.17) is 0 Å². The van der Waals surface area contributed by atoms with Crippen LogP contribution in [0.2, 0.25) is 0 Å². The summed E-state index contributed by atoms with van der Waals surface area (Å²) in [6.45, 7) is 12.0. The molecule has 0 amide bonds. The largest absolute Gasteiger partial charge is 0.310 e. The van der Waals surface area contributed by atoms with Crippen LogP contribution in [0.5, 0.6) is 0 Å². The maximum Gasteiger partial charge on any atom is 0.0540 e. The highest BCUT2D eigenvalue weighted by molar-refractivity contribution is 6.00. The van der Waals surface area contributed by atoms with Crippen molar-refractivity contribution >= 4 is 67.8 Å². The quantitative estimate of drug-likeness (QED) is 0.151. The molecule has 0 N–H and O–H groups in total. The molecule has 0 aliphatic carbocycles. The summed E-state index contributed by atoms with van der Waals surface area (Å²) in [5.74, 6) is 0. The van der Waals surface area contributed by atoms with Gasteiger partial charge in [0.05, 0.1) is 11.4 Å². The second kappa shape index (κ2) is 15.5. The van der Waals surface area contributed by atoms with Gasteiger partial charge in [0.15, 0.2) is 0 Å². The Balaban J connectivity index is 0.00000207. The zero-order valence-electron chi connectivity index (χ0n) is 29.8. The number of anilines is 6. The zero-order valence-corrected chi connectivity index (χ0v) is 29.8. The maximum absolute atomic E-state index is 4.02. The van der Waals surface area contributed by atoms with Crippen LogP contribution < -0.4 is 9.80 Å². The van der Waals surface area contributed by atoms with Crippen LogP contribution in [-0.4, -0.2) is 0 Å². The molecule has 8 aromatic carbocycles. The monoisotopic (exact) mass is 670 g/mol. The molecule has 0 radical (unpaired) electrons. The van der Waals surface area contributed by atoms with E-state index in [-0.39, 0.29) is 0 Å². The molecule has 0 bridgehead atoms. The molecule has 8 rings (SSSR count). The first-order valence-corrected chi connectivity index (χ1v) is 17.9. The highest BCUT2D eigenvalue weighted by atomic mass is 15.1. The number of hydrogen-bond acceptors (Lipinski definition) is 2. The predicted octanol–water partition coefficient (Wildman–Crippen LogP) is 14.9. The lowest BCUT2D eigenvalue weighted by atomic mass is 10.0. The maximum atomic E-state index is 4.02. The minimum absolute atomic E-state index is 1.08. The molecule has 0 fully saturated rings. The van der Waals surface area contributed by atoms with E-state index in [1.807, 2.05) is 26.0 Å². The van der Waals surface area contributed by atoms with Crippen molar-refractivity contribution in [2.75, 3.05) is 9.80 Å². The number of hydrogen-bond donors (Lipinski definition) is 0. The summed E-state index contributed by atoms with van der Waals surface area (Å²) in [5.41, 5.74) is 11.1.